The van der Waals surface area contributed by atoms with E-state index in [0.717, 1.165) is 51.2 Å². The lowest BCUT2D eigenvalue weighted by atomic mass is 10.1. The van der Waals surface area contributed by atoms with E-state index in [0.29, 0.717) is 6.10 Å². The summed E-state index contributed by atoms with van der Waals surface area (Å²) < 4.78 is 5.96. The van der Waals surface area contributed by atoms with Crippen molar-refractivity contribution in [2.75, 3.05) is 26.2 Å². The second-order valence-corrected chi connectivity index (χ2v) is 4.61. The summed E-state index contributed by atoms with van der Waals surface area (Å²) in [6.07, 6.45) is 3.73. The highest BCUT2D eigenvalue weighted by atomic mass is 16.5. The Hall–Kier alpha value is -1.06. The lowest BCUT2D eigenvalue weighted by Crippen LogP contribution is -2.39. The van der Waals surface area contributed by atoms with E-state index < -0.39 is 0 Å². The van der Waals surface area contributed by atoms with Crippen molar-refractivity contribution < 1.29 is 4.74 Å². The molecule has 3 heteroatoms. The summed E-state index contributed by atoms with van der Waals surface area (Å²) in [5.74, 6) is 0.993. The minimum Gasteiger partial charge on any atom is -0.490 e. The van der Waals surface area contributed by atoms with Crippen LogP contribution >= 0.6 is 0 Å². The molecule has 1 aromatic rings. The minimum atomic E-state index is 0.381. The third kappa shape index (κ3) is 4.02. The van der Waals surface area contributed by atoms with Crippen molar-refractivity contribution in [1.29, 1.82) is 0 Å². The maximum atomic E-state index is 5.96. The van der Waals surface area contributed by atoms with Gasteiger partial charge in [-0.05, 0) is 44.5 Å². The van der Waals surface area contributed by atoms with Crippen LogP contribution in [0.1, 0.15) is 19.3 Å². The maximum absolute atomic E-state index is 5.96. The normalized spacial score (nSPS) is 18.2. The average molecular weight is 234 g/mol. The highest BCUT2D eigenvalue weighted by Crippen LogP contribution is 2.18. The van der Waals surface area contributed by atoms with Gasteiger partial charge in [0.2, 0.25) is 0 Å². The predicted octanol–water partition coefficient (Wildman–Crippen LogP) is 1.88. The zero-order chi connectivity index (χ0) is 11.9. The zero-order valence-corrected chi connectivity index (χ0v) is 10.3. The molecule has 1 aliphatic heterocycles. The van der Waals surface area contributed by atoms with Gasteiger partial charge in [0.05, 0.1) is 0 Å². The van der Waals surface area contributed by atoms with Crippen LogP contribution in [-0.2, 0) is 0 Å². The van der Waals surface area contributed by atoms with E-state index in [-0.39, 0.29) is 0 Å². The van der Waals surface area contributed by atoms with Crippen molar-refractivity contribution in [2.45, 2.75) is 25.4 Å². The molecule has 94 valence electrons. The maximum Gasteiger partial charge on any atom is 0.119 e. The number of rotatable bonds is 5. The Kier molecular flexibility index (Phi) is 4.83. The first-order chi connectivity index (χ1) is 8.38. The van der Waals surface area contributed by atoms with Gasteiger partial charge in [0, 0.05) is 13.1 Å². The predicted molar refractivity (Wildman–Crippen MR) is 70.2 cm³/mol. The van der Waals surface area contributed by atoms with Gasteiger partial charge in [0.1, 0.15) is 11.9 Å². The number of nitrogens with two attached hydrogens (primary N) is 1. The van der Waals surface area contributed by atoms with Gasteiger partial charge < -0.3 is 15.4 Å². The Labute approximate surface area is 104 Å². The van der Waals surface area contributed by atoms with Crippen molar-refractivity contribution in [3.05, 3.63) is 30.3 Å². The highest BCUT2D eigenvalue weighted by Gasteiger charge is 2.19. The van der Waals surface area contributed by atoms with Crippen molar-refractivity contribution in [2.24, 2.45) is 5.73 Å². The number of hydrogen-bond acceptors (Lipinski definition) is 3. The first-order valence-corrected chi connectivity index (χ1v) is 6.52. The molecule has 0 unspecified atom stereocenters. The Morgan fingerprint density at radius 1 is 1.18 bits per heavy atom. The summed E-state index contributed by atoms with van der Waals surface area (Å²) in [7, 11) is 0. The molecule has 2 rings (SSSR count). The van der Waals surface area contributed by atoms with Crippen LogP contribution in [0.4, 0.5) is 0 Å². The topological polar surface area (TPSA) is 38.5 Å². The van der Waals surface area contributed by atoms with Gasteiger partial charge in [-0.25, -0.2) is 0 Å². The molecule has 1 saturated heterocycles. The molecule has 1 aromatic carbocycles. The van der Waals surface area contributed by atoms with Crippen LogP contribution in [0.25, 0.3) is 0 Å². The molecule has 0 amide bonds. The molecule has 0 aromatic heterocycles. The van der Waals surface area contributed by atoms with Gasteiger partial charge in [-0.2, -0.15) is 0 Å². The largest absolute Gasteiger partial charge is 0.490 e. The van der Waals surface area contributed by atoms with Crippen molar-refractivity contribution in [3.8, 4) is 5.75 Å². The van der Waals surface area contributed by atoms with Gasteiger partial charge in [-0.3, -0.25) is 0 Å². The highest BCUT2D eigenvalue weighted by molar-refractivity contribution is 5.21. The van der Waals surface area contributed by atoms with E-state index in [1.165, 1.54) is 0 Å². The fraction of sp³-hybridized carbons (Fsp3) is 0.571. The molecule has 0 saturated carbocycles. The van der Waals surface area contributed by atoms with Crippen LogP contribution in [-0.4, -0.2) is 37.2 Å². The minimum absolute atomic E-state index is 0.381. The summed E-state index contributed by atoms with van der Waals surface area (Å²) >= 11 is 0. The molecule has 1 fully saturated rings. The number of likely N-dealkylation sites (tertiary alicyclic amines) is 1. The van der Waals surface area contributed by atoms with Crippen molar-refractivity contribution in [3.63, 3.8) is 0 Å². The number of nitrogens with zero attached hydrogens (tertiary/aromatic N) is 1. The molecule has 0 bridgehead atoms. The molecule has 1 aliphatic rings. The van der Waals surface area contributed by atoms with E-state index in [9.17, 15) is 0 Å². The van der Waals surface area contributed by atoms with Crippen LogP contribution in [0.2, 0.25) is 0 Å². The van der Waals surface area contributed by atoms with Crippen LogP contribution in [0.3, 0.4) is 0 Å². The fourth-order valence-electron chi connectivity index (χ4n) is 2.26. The van der Waals surface area contributed by atoms with E-state index in [4.69, 9.17) is 10.5 Å². The summed E-state index contributed by atoms with van der Waals surface area (Å²) in [6.45, 7) is 4.20. The van der Waals surface area contributed by atoms with Crippen LogP contribution in [0.15, 0.2) is 30.3 Å². The van der Waals surface area contributed by atoms with E-state index in [2.05, 4.69) is 4.90 Å². The zero-order valence-electron chi connectivity index (χ0n) is 10.3. The molecular weight excluding hydrogens is 212 g/mol. The third-order valence-corrected chi connectivity index (χ3v) is 3.26. The standard InChI is InChI=1S/C14H22N2O/c15-9-4-10-16-11-7-14(8-12-16)17-13-5-2-1-3-6-13/h1-3,5-6,14H,4,7-12,15H2. The van der Waals surface area contributed by atoms with Gasteiger partial charge >= 0.3 is 0 Å². The average Bonchev–Trinajstić information content (AvgIpc) is 2.39. The molecule has 0 aliphatic carbocycles. The lowest BCUT2D eigenvalue weighted by Gasteiger charge is -2.32. The van der Waals surface area contributed by atoms with Gasteiger partial charge in [-0.15, -0.1) is 0 Å². The number of para-hydroxylation sites is 1. The second kappa shape index (κ2) is 6.62. The quantitative estimate of drug-likeness (QED) is 0.845. The summed E-state index contributed by atoms with van der Waals surface area (Å²) in [5, 5.41) is 0. The van der Waals surface area contributed by atoms with Crippen LogP contribution < -0.4 is 10.5 Å². The summed E-state index contributed by atoms with van der Waals surface area (Å²) in [6, 6.07) is 10.1. The van der Waals surface area contributed by atoms with Gasteiger partial charge in [-0.1, -0.05) is 18.2 Å². The van der Waals surface area contributed by atoms with E-state index in [1.807, 2.05) is 30.3 Å². The lowest BCUT2D eigenvalue weighted by molar-refractivity contribution is 0.100. The molecule has 1 heterocycles. The number of piperidine rings is 1. The van der Waals surface area contributed by atoms with E-state index >= 15 is 0 Å². The molecule has 0 spiro atoms. The molecule has 3 nitrogen and oxygen atoms in total. The van der Waals surface area contributed by atoms with Gasteiger partial charge in [0.15, 0.2) is 0 Å². The second-order valence-electron chi connectivity index (χ2n) is 4.61. The summed E-state index contributed by atoms with van der Waals surface area (Å²) in [4.78, 5) is 2.48. The monoisotopic (exact) mass is 234 g/mol. The number of hydrogen-bond donors (Lipinski definition) is 1. The van der Waals surface area contributed by atoms with Gasteiger partial charge in [0.25, 0.3) is 0 Å². The summed E-state index contributed by atoms with van der Waals surface area (Å²) in [5.41, 5.74) is 5.52. The Morgan fingerprint density at radius 2 is 1.88 bits per heavy atom. The molecule has 0 radical (unpaired) electrons. The van der Waals surface area contributed by atoms with Crippen molar-refractivity contribution in [1.82, 2.24) is 4.90 Å². The molecule has 17 heavy (non-hydrogen) atoms. The Balaban J connectivity index is 1.72. The smallest absolute Gasteiger partial charge is 0.119 e. The Bertz CT molecular complexity index is 307. The van der Waals surface area contributed by atoms with Crippen molar-refractivity contribution >= 4 is 0 Å². The SMILES string of the molecule is NCCCN1CCC(Oc2ccccc2)CC1. The number of ether oxygens (including phenoxy) is 1. The molecule has 0 atom stereocenters. The molecule has 2 N–H and O–H groups in total. The van der Waals surface area contributed by atoms with Crippen LogP contribution in [0.5, 0.6) is 5.75 Å². The fourth-order valence-corrected chi connectivity index (χ4v) is 2.26. The Morgan fingerprint density at radius 3 is 2.53 bits per heavy atom. The van der Waals surface area contributed by atoms with Crippen LogP contribution in [0, 0.1) is 0 Å². The first kappa shape index (κ1) is 12.4. The van der Waals surface area contributed by atoms with E-state index in [1.54, 1.807) is 0 Å². The third-order valence-electron chi connectivity index (χ3n) is 3.26. The first-order valence-electron chi connectivity index (χ1n) is 6.52. The molecular formula is C14H22N2O. The number of benzene rings is 1.